The average Bonchev–Trinajstić information content (AvgIpc) is 2.74. The van der Waals surface area contributed by atoms with E-state index >= 15 is 0 Å². The van der Waals surface area contributed by atoms with Gasteiger partial charge in [-0.25, -0.2) is 0 Å². The van der Waals surface area contributed by atoms with Crippen LogP contribution in [-0.2, 0) is 0 Å². The smallest absolute Gasteiger partial charge is 0.0513 e. The Morgan fingerprint density at radius 2 is 2.29 bits per heavy atom. The summed E-state index contributed by atoms with van der Waals surface area (Å²) in [6.07, 6.45) is 3.87. The number of benzene rings is 1. The molecule has 2 nitrogen and oxygen atoms in total. The molecule has 0 radical (unpaired) electrons. The van der Waals surface area contributed by atoms with Crippen molar-refractivity contribution >= 4 is 21.6 Å². The summed E-state index contributed by atoms with van der Waals surface area (Å²) in [6.45, 7) is 4.43. The molecular formula is C14H21BrN2. The van der Waals surface area contributed by atoms with Crippen molar-refractivity contribution in [1.82, 2.24) is 5.32 Å². The number of rotatable bonds is 4. The Morgan fingerprint density at radius 1 is 1.47 bits per heavy atom. The number of hydrogen-bond acceptors (Lipinski definition) is 2. The molecule has 1 fully saturated rings. The summed E-state index contributed by atoms with van der Waals surface area (Å²) in [6, 6.07) is 7.36. The molecule has 0 spiro atoms. The SMILES string of the molecule is CNCCC1CCCN1c1ccc(C)cc1Br. The van der Waals surface area contributed by atoms with Crippen LogP contribution in [0.15, 0.2) is 22.7 Å². The van der Waals surface area contributed by atoms with Crippen molar-refractivity contribution in [3.8, 4) is 0 Å². The van der Waals surface area contributed by atoms with Crippen molar-refractivity contribution in [2.75, 3.05) is 25.0 Å². The Labute approximate surface area is 113 Å². The average molecular weight is 297 g/mol. The molecular weight excluding hydrogens is 276 g/mol. The molecule has 1 N–H and O–H groups in total. The van der Waals surface area contributed by atoms with Crippen molar-refractivity contribution in [1.29, 1.82) is 0 Å². The third-order valence-corrected chi connectivity index (χ3v) is 4.15. The van der Waals surface area contributed by atoms with E-state index in [1.165, 1.54) is 41.5 Å². The fourth-order valence-corrected chi connectivity index (χ4v) is 3.33. The van der Waals surface area contributed by atoms with Crippen molar-refractivity contribution in [3.05, 3.63) is 28.2 Å². The van der Waals surface area contributed by atoms with E-state index in [4.69, 9.17) is 0 Å². The molecule has 0 aromatic heterocycles. The van der Waals surface area contributed by atoms with Gasteiger partial charge >= 0.3 is 0 Å². The minimum atomic E-state index is 0.696. The lowest BCUT2D eigenvalue weighted by Crippen LogP contribution is -2.31. The number of nitrogens with one attached hydrogen (secondary N) is 1. The number of nitrogens with zero attached hydrogens (tertiary/aromatic N) is 1. The molecule has 1 unspecified atom stereocenters. The molecule has 2 rings (SSSR count). The van der Waals surface area contributed by atoms with E-state index < -0.39 is 0 Å². The maximum Gasteiger partial charge on any atom is 0.0513 e. The summed E-state index contributed by atoms with van der Waals surface area (Å²) >= 11 is 3.70. The van der Waals surface area contributed by atoms with Crippen LogP contribution in [0.4, 0.5) is 5.69 Å². The first-order valence-electron chi connectivity index (χ1n) is 6.40. The maximum absolute atomic E-state index is 3.70. The zero-order valence-corrected chi connectivity index (χ0v) is 12.3. The summed E-state index contributed by atoms with van der Waals surface area (Å²) in [4.78, 5) is 2.56. The van der Waals surface area contributed by atoms with Gasteiger partial charge in [0.05, 0.1) is 5.69 Å². The molecule has 1 aliphatic heterocycles. The fourth-order valence-electron chi connectivity index (χ4n) is 2.61. The zero-order chi connectivity index (χ0) is 12.3. The van der Waals surface area contributed by atoms with Gasteiger partial charge in [-0.2, -0.15) is 0 Å². The molecule has 17 heavy (non-hydrogen) atoms. The number of aryl methyl sites for hydroxylation is 1. The van der Waals surface area contributed by atoms with Crippen molar-refractivity contribution in [2.24, 2.45) is 0 Å². The van der Waals surface area contributed by atoms with Gasteiger partial charge in [0.1, 0.15) is 0 Å². The lowest BCUT2D eigenvalue weighted by atomic mass is 10.1. The summed E-state index contributed by atoms with van der Waals surface area (Å²) in [5.74, 6) is 0. The molecule has 1 aromatic carbocycles. The lowest BCUT2D eigenvalue weighted by Gasteiger charge is -2.28. The highest BCUT2D eigenvalue weighted by Crippen LogP contribution is 2.33. The summed E-state index contributed by atoms with van der Waals surface area (Å²) in [5, 5.41) is 3.25. The van der Waals surface area contributed by atoms with Crippen molar-refractivity contribution in [2.45, 2.75) is 32.2 Å². The van der Waals surface area contributed by atoms with Gasteiger partial charge < -0.3 is 10.2 Å². The van der Waals surface area contributed by atoms with E-state index in [1.54, 1.807) is 0 Å². The van der Waals surface area contributed by atoms with Gasteiger partial charge in [-0.15, -0.1) is 0 Å². The second-order valence-electron chi connectivity index (χ2n) is 4.84. The van der Waals surface area contributed by atoms with Gasteiger partial charge in [-0.1, -0.05) is 6.07 Å². The Kier molecular flexibility index (Phi) is 4.46. The van der Waals surface area contributed by atoms with Gasteiger partial charge in [0.25, 0.3) is 0 Å². The van der Waals surface area contributed by atoms with E-state index in [9.17, 15) is 0 Å². The Hall–Kier alpha value is -0.540. The Morgan fingerprint density at radius 3 is 3.00 bits per heavy atom. The van der Waals surface area contributed by atoms with Crippen LogP contribution >= 0.6 is 15.9 Å². The first kappa shape index (κ1) is 12.9. The molecule has 0 aliphatic carbocycles. The third kappa shape index (κ3) is 3.02. The van der Waals surface area contributed by atoms with Crippen LogP contribution in [0.3, 0.4) is 0 Å². The summed E-state index contributed by atoms with van der Waals surface area (Å²) in [5.41, 5.74) is 2.67. The van der Waals surface area contributed by atoms with Crippen LogP contribution in [0.2, 0.25) is 0 Å². The van der Waals surface area contributed by atoms with Gasteiger partial charge in [0.15, 0.2) is 0 Å². The zero-order valence-electron chi connectivity index (χ0n) is 10.7. The highest BCUT2D eigenvalue weighted by molar-refractivity contribution is 9.10. The molecule has 0 amide bonds. The highest BCUT2D eigenvalue weighted by Gasteiger charge is 2.25. The van der Waals surface area contributed by atoms with Gasteiger partial charge in [0.2, 0.25) is 0 Å². The van der Waals surface area contributed by atoms with Gasteiger partial charge in [-0.3, -0.25) is 0 Å². The highest BCUT2D eigenvalue weighted by atomic mass is 79.9. The molecule has 1 aliphatic rings. The monoisotopic (exact) mass is 296 g/mol. The number of anilines is 1. The largest absolute Gasteiger partial charge is 0.368 e. The summed E-state index contributed by atoms with van der Waals surface area (Å²) < 4.78 is 1.23. The molecule has 1 heterocycles. The second kappa shape index (κ2) is 5.87. The van der Waals surface area contributed by atoms with E-state index in [0.717, 1.165) is 6.54 Å². The standard InChI is InChI=1S/C14H21BrN2/c1-11-5-6-14(13(15)10-11)17-9-3-4-12(17)7-8-16-2/h5-6,10,12,16H,3-4,7-9H2,1-2H3. The first-order chi connectivity index (χ1) is 8.22. The van der Waals surface area contributed by atoms with Crippen LogP contribution in [0, 0.1) is 6.92 Å². The van der Waals surface area contributed by atoms with Crippen LogP contribution in [0.5, 0.6) is 0 Å². The molecule has 1 saturated heterocycles. The topological polar surface area (TPSA) is 15.3 Å². The normalized spacial score (nSPS) is 19.9. The van der Waals surface area contributed by atoms with Gasteiger partial charge in [0, 0.05) is 17.1 Å². The predicted molar refractivity (Wildman–Crippen MR) is 77.8 cm³/mol. The first-order valence-corrected chi connectivity index (χ1v) is 7.19. The van der Waals surface area contributed by atoms with E-state index in [2.05, 4.69) is 51.3 Å². The Balaban J connectivity index is 2.14. The van der Waals surface area contributed by atoms with Crippen molar-refractivity contribution < 1.29 is 0 Å². The molecule has 3 heteroatoms. The van der Waals surface area contributed by atoms with E-state index in [1.807, 2.05) is 7.05 Å². The quantitative estimate of drug-likeness (QED) is 0.917. The van der Waals surface area contributed by atoms with Crippen LogP contribution in [-0.4, -0.2) is 26.2 Å². The lowest BCUT2D eigenvalue weighted by molar-refractivity contribution is 0.585. The van der Waals surface area contributed by atoms with Crippen LogP contribution < -0.4 is 10.2 Å². The summed E-state index contributed by atoms with van der Waals surface area (Å²) in [7, 11) is 2.03. The van der Waals surface area contributed by atoms with E-state index in [-0.39, 0.29) is 0 Å². The second-order valence-corrected chi connectivity index (χ2v) is 5.69. The molecule has 0 saturated carbocycles. The fraction of sp³-hybridized carbons (Fsp3) is 0.571. The maximum atomic E-state index is 3.70. The molecule has 1 atom stereocenters. The molecule has 94 valence electrons. The number of hydrogen-bond donors (Lipinski definition) is 1. The van der Waals surface area contributed by atoms with Crippen LogP contribution in [0.25, 0.3) is 0 Å². The Bertz CT molecular complexity index is 378. The third-order valence-electron chi connectivity index (χ3n) is 3.52. The molecule has 1 aromatic rings. The van der Waals surface area contributed by atoms with Gasteiger partial charge in [-0.05, 0) is 73.4 Å². The molecule has 0 bridgehead atoms. The van der Waals surface area contributed by atoms with Crippen LogP contribution in [0.1, 0.15) is 24.8 Å². The van der Waals surface area contributed by atoms with E-state index in [0.29, 0.717) is 6.04 Å². The minimum Gasteiger partial charge on any atom is -0.368 e. The number of halogens is 1. The minimum absolute atomic E-state index is 0.696. The van der Waals surface area contributed by atoms with Crippen molar-refractivity contribution in [3.63, 3.8) is 0 Å². The predicted octanol–water partition coefficient (Wildman–Crippen LogP) is 3.34.